The molecule has 158 valence electrons. The molecule has 2 amide bonds. The third-order valence-corrected chi connectivity index (χ3v) is 5.12. The highest BCUT2D eigenvalue weighted by Crippen LogP contribution is 2.16. The van der Waals surface area contributed by atoms with Gasteiger partial charge in [-0.1, -0.05) is 19.1 Å². The van der Waals surface area contributed by atoms with Gasteiger partial charge < -0.3 is 15.4 Å². The Balaban J connectivity index is 1.56. The number of ketones is 1. The van der Waals surface area contributed by atoms with Crippen molar-refractivity contribution in [2.24, 2.45) is 0 Å². The molecule has 0 aliphatic heterocycles. The van der Waals surface area contributed by atoms with Gasteiger partial charge in [0.25, 0.3) is 5.91 Å². The van der Waals surface area contributed by atoms with E-state index in [0.29, 0.717) is 28.2 Å². The van der Waals surface area contributed by atoms with Crippen molar-refractivity contribution in [1.29, 1.82) is 0 Å². The molecule has 1 aromatic heterocycles. The SMILES string of the molecule is CCC(=O)Nc1ccc(C(=O)COC(=O)c2cccc(NC(=O)c3cccs3)c2)cc1. The first-order valence-electron chi connectivity index (χ1n) is 9.51. The number of amides is 2. The molecule has 31 heavy (non-hydrogen) atoms. The number of hydrogen-bond donors (Lipinski definition) is 2. The maximum absolute atomic E-state index is 12.3. The fraction of sp³-hybridized carbons (Fsp3) is 0.130. The molecule has 0 unspecified atom stereocenters. The average Bonchev–Trinajstić information content (AvgIpc) is 3.33. The first-order valence-corrected chi connectivity index (χ1v) is 10.4. The normalized spacial score (nSPS) is 10.2. The van der Waals surface area contributed by atoms with Crippen molar-refractivity contribution in [3.8, 4) is 0 Å². The molecule has 3 aromatic rings. The van der Waals surface area contributed by atoms with Crippen LogP contribution in [-0.2, 0) is 9.53 Å². The van der Waals surface area contributed by atoms with Crippen LogP contribution in [0.1, 0.15) is 43.7 Å². The summed E-state index contributed by atoms with van der Waals surface area (Å²) in [6, 6.07) is 16.1. The number of benzene rings is 2. The molecule has 2 aromatic carbocycles. The van der Waals surface area contributed by atoms with Crippen LogP contribution in [-0.4, -0.2) is 30.2 Å². The lowest BCUT2D eigenvalue weighted by Gasteiger charge is -2.08. The molecular formula is C23H20N2O5S. The van der Waals surface area contributed by atoms with E-state index in [4.69, 9.17) is 4.74 Å². The van der Waals surface area contributed by atoms with E-state index in [2.05, 4.69) is 10.6 Å². The molecule has 0 saturated carbocycles. The summed E-state index contributed by atoms with van der Waals surface area (Å²) < 4.78 is 5.12. The van der Waals surface area contributed by atoms with Crippen LogP contribution in [0.3, 0.4) is 0 Å². The van der Waals surface area contributed by atoms with E-state index >= 15 is 0 Å². The number of carbonyl (C=O) groups excluding carboxylic acids is 4. The highest BCUT2D eigenvalue weighted by atomic mass is 32.1. The number of ether oxygens (including phenoxy) is 1. The Kier molecular flexibility index (Phi) is 7.29. The lowest BCUT2D eigenvalue weighted by atomic mass is 10.1. The molecule has 7 nitrogen and oxygen atoms in total. The van der Waals surface area contributed by atoms with Crippen molar-refractivity contribution in [1.82, 2.24) is 0 Å². The molecule has 0 aliphatic rings. The molecule has 8 heteroatoms. The number of rotatable bonds is 8. The van der Waals surface area contributed by atoms with Crippen LogP contribution in [0, 0.1) is 0 Å². The van der Waals surface area contributed by atoms with E-state index in [1.807, 2.05) is 0 Å². The van der Waals surface area contributed by atoms with E-state index in [0.717, 1.165) is 0 Å². The van der Waals surface area contributed by atoms with Gasteiger partial charge in [-0.05, 0) is 53.9 Å². The van der Waals surface area contributed by atoms with Crippen molar-refractivity contribution in [3.05, 3.63) is 82.0 Å². The number of Topliss-reactive ketones (excluding diaryl/α,β-unsaturated/α-hetero) is 1. The topological polar surface area (TPSA) is 102 Å². The monoisotopic (exact) mass is 436 g/mol. The van der Waals surface area contributed by atoms with E-state index in [1.165, 1.54) is 17.4 Å². The van der Waals surface area contributed by atoms with Crippen LogP contribution in [0.15, 0.2) is 66.0 Å². The van der Waals surface area contributed by atoms with Gasteiger partial charge in [0, 0.05) is 23.4 Å². The molecule has 2 N–H and O–H groups in total. The summed E-state index contributed by atoms with van der Waals surface area (Å²) in [4.78, 5) is 48.7. The van der Waals surface area contributed by atoms with E-state index in [-0.39, 0.29) is 23.2 Å². The first kappa shape index (κ1) is 21.9. The van der Waals surface area contributed by atoms with Gasteiger partial charge in [-0.25, -0.2) is 4.79 Å². The van der Waals surface area contributed by atoms with Crippen LogP contribution in [0.4, 0.5) is 11.4 Å². The zero-order valence-corrected chi connectivity index (χ0v) is 17.5. The Morgan fingerprint density at radius 2 is 1.65 bits per heavy atom. The minimum absolute atomic E-state index is 0.123. The second kappa shape index (κ2) is 10.3. The van der Waals surface area contributed by atoms with Gasteiger partial charge in [-0.15, -0.1) is 11.3 Å². The molecule has 0 saturated heterocycles. The average molecular weight is 436 g/mol. The molecule has 0 aliphatic carbocycles. The molecule has 1 heterocycles. The third kappa shape index (κ3) is 6.10. The third-order valence-electron chi connectivity index (χ3n) is 4.25. The van der Waals surface area contributed by atoms with E-state index < -0.39 is 12.6 Å². The summed E-state index contributed by atoms with van der Waals surface area (Å²) in [5.41, 5.74) is 1.61. The van der Waals surface area contributed by atoms with Crippen LogP contribution in [0.25, 0.3) is 0 Å². The van der Waals surface area contributed by atoms with Crippen molar-refractivity contribution >= 4 is 46.3 Å². The fourth-order valence-electron chi connectivity index (χ4n) is 2.61. The van der Waals surface area contributed by atoms with Crippen molar-refractivity contribution in [2.45, 2.75) is 13.3 Å². The summed E-state index contributed by atoms with van der Waals surface area (Å²) >= 11 is 1.31. The Labute approximate surface area is 183 Å². The maximum Gasteiger partial charge on any atom is 0.338 e. The Hall–Kier alpha value is -3.78. The summed E-state index contributed by atoms with van der Waals surface area (Å²) in [5.74, 6) is -1.44. The number of nitrogens with one attached hydrogen (secondary N) is 2. The highest BCUT2D eigenvalue weighted by Gasteiger charge is 2.14. The van der Waals surface area contributed by atoms with Crippen LogP contribution < -0.4 is 10.6 Å². The largest absolute Gasteiger partial charge is 0.454 e. The summed E-state index contributed by atoms with van der Waals surface area (Å²) in [6.07, 6.45) is 0.357. The molecule has 0 spiro atoms. The quantitative estimate of drug-likeness (QED) is 0.403. The minimum atomic E-state index is -0.674. The van der Waals surface area contributed by atoms with Crippen LogP contribution >= 0.6 is 11.3 Å². The smallest absolute Gasteiger partial charge is 0.338 e. The van der Waals surface area contributed by atoms with Crippen molar-refractivity contribution in [3.63, 3.8) is 0 Å². The number of hydrogen-bond acceptors (Lipinski definition) is 6. The molecule has 0 bridgehead atoms. The van der Waals surface area contributed by atoms with Gasteiger partial charge in [0.05, 0.1) is 10.4 Å². The Bertz CT molecular complexity index is 1090. The van der Waals surface area contributed by atoms with Crippen LogP contribution in [0.2, 0.25) is 0 Å². The molecular weight excluding hydrogens is 416 g/mol. The second-order valence-electron chi connectivity index (χ2n) is 6.49. The van der Waals surface area contributed by atoms with Gasteiger partial charge in [0.2, 0.25) is 5.91 Å². The Morgan fingerprint density at radius 3 is 2.32 bits per heavy atom. The standard InChI is InChI=1S/C23H20N2O5S/c1-2-21(27)24-17-10-8-15(9-11-17)19(26)14-30-23(29)16-5-3-6-18(13-16)25-22(28)20-7-4-12-31-20/h3-13H,2,14H2,1H3,(H,24,27)(H,25,28). The van der Waals surface area contributed by atoms with Crippen molar-refractivity contribution in [2.75, 3.05) is 17.2 Å². The maximum atomic E-state index is 12.3. The summed E-state index contributed by atoms with van der Waals surface area (Å²) in [5, 5.41) is 7.21. The predicted molar refractivity (Wildman–Crippen MR) is 119 cm³/mol. The van der Waals surface area contributed by atoms with Gasteiger partial charge in [0.1, 0.15) is 0 Å². The number of carbonyl (C=O) groups is 4. The molecule has 0 atom stereocenters. The van der Waals surface area contributed by atoms with E-state index in [1.54, 1.807) is 66.9 Å². The number of anilines is 2. The number of thiophene rings is 1. The predicted octanol–water partition coefficient (Wildman–Crippen LogP) is 4.39. The summed E-state index contributed by atoms with van der Waals surface area (Å²) in [7, 11) is 0. The van der Waals surface area contributed by atoms with Gasteiger partial charge >= 0.3 is 5.97 Å². The first-order chi connectivity index (χ1) is 15.0. The zero-order valence-electron chi connectivity index (χ0n) is 16.7. The minimum Gasteiger partial charge on any atom is -0.454 e. The molecule has 3 rings (SSSR count). The highest BCUT2D eigenvalue weighted by molar-refractivity contribution is 7.12. The van der Waals surface area contributed by atoms with Gasteiger partial charge in [-0.3, -0.25) is 14.4 Å². The molecule has 0 radical (unpaired) electrons. The molecule has 0 fully saturated rings. The van der Waals surface area contributed by atoms with Crippen molar-refractivity contribution < 1.29 is 23.9 Å². The summed E-state index contributed by atoms with van der Waals surface area (Å²) in [6.45, 7) is 1.32. The lowest BCUT2D eigenvalue weighted by Crippen LogP contribution is -2.15. The second-order valence-corrected chi connectivity index (χ2v) is 7.44. The van der Waals surface area contributed by atoms with Gasteiger partial charge in [0.15, 0.2) is 12.4 Å². The van der Waals surface area contributed by atoms with Gasteiger partial charge in [-0.2, -0.15) is 0 Å². The number of esters is 1. The van der Waals surface area contributed by atoms with Crippen LogP contribution in [0.5, 0.6) is 0 Å². The zero-order chi connectivity index (χ0) is 22.2. The lowest BCUT2D eigenvalue weighted by molar-refractivity contribution is -0.115. The Morgan fingerprint density at radius 1 is 0.871 bits per heavy atom. The van der Waals surface area contributed by atoms with E-state index in [9.17, 15) is 19.2 Å². The fourth-order valence-corrected chi connectivity index (χ4v) is 3.23.